The lowest BCUT2D eigenvalue weighted by molar-refractivity contribution is -0.116. The van der Waals surface area contributed by atoms with Crippen molar-refractivity contribution in [1.82, 2.24) is 4.98 Å². The average Bonchev–Trinajstić information content (AvgIpc) is 2.08. The summed E-state index contributed by atoms with van der Waals surface area (Å²) < 4.78 is 0.938. The molecule has 0 saturated carbocycles. The summed E-state index contributed by atoms with van der Waals surface area (Å²) in [6.45, 7) is 3.47. The van der Waals surface area contributed by atoms with Crippen LogP contribution in [0.3, 0.4) is 0 Å². The molecule has 0 aliphatic rings. The van der Waals surface area contributed by atoms with E-state index in [4.69, 9.17) is 0 Å². The summed E-state index contributed by atoms with van der Waals surface area (Å²) in [6.07, 6.45) is 1.72. The molecule has 1 aromatic heterocycles. The zero-order chi connectivity index (χ0) is 9.84. The second kappa shape index (κ2) is 4.77. The minimum absolute atomic E-state index is 0.0359. The lowest BCUT2D eigenvalue weighted by atomic mass is 10.3. The largest absolute Gasteiger partial charge is 0.299 e. The van der Waals surface area contributed by atoms with E-state index in [2.05, 4.69) is 20.9 Å². The van der Waals surface area contributed by atoms with Crippen molar-refractivity contribution < 1.29 is 4.79 Å². The fourth-order valence-electron chi connectivity index (χ4n) is 0.708. The molecule has 0 amide bonds. The second-order valence-electron chi connectivity index (χ2n) is 2.66. The minimum atomic E-state index is -0.0359. The van der Waals surface area contributed by atoms with Gasteiger partial charge in [0, 0.05) is 10.7 Å². The molecular formula is C9H10BrNOS. The van der Waals surface area contributed by atoms with Crippen molar-refractivity contribution >= 4 is 33.5 Å². The lowest BCUT2D eigenvalue weighted by Gasteiger charge is -2.06. The van der Waals surface area contributed by atoms with Crippen LogP contribution in [0.25, 0.3) is 0 Å². The van der Waals surface area contributed by atoms with Crippen LogP contribution in [0.4, 0.5) is 0 Å². The summed E-state index contributed by atoms with van der Waals surface area (Å²) in [5, 5.41) is 0.830. The highest BCUT2D eigenvalue weighted by molar-refractivity contribution is 9.10. The quantitative estimate of drug-likeness (QED) is 0.783. The molecule has 1 unspecified atom stereocenters. The van der Waals surface area contributed by atoms with Crippen molar-refractivity contribution in [1.29, 1.82) is 0 Å². The molecule has 0 spiro atoms. The lowest BCUT2D eigenvalue weighted by Crippen LogP contribution is -2.08. The second-order valence-corrected chi connectivity index (χ2v) is 4.84. The van der Waals surface area contributed by atoms with Crippen LogP contribution in [0.1, 0.15) is 13.8 Å². The SMILES string of the molecule is CC(=O)C(C)Sc1ncccc1Br. The summed E-state index contributed by atoms with van der Waals surface area (Å²) in [4.78, 5) is 15.2. The Bertz CT molecular complexity index is 316. The maximum absolute atomic E-state index is 11.0. The molecule has 1 heterocycles. The number of rotatable bonds is 3. The van der Waals surface area contributed by atoms with Crippen LogP contribution in [0.5, 0.6) is 0 Å². The van der Waals surface area contributed by atoms with Gasteiger partial charge in [-0.25, -0.2) is 4.98 Å². The van der Waals surface area contributed by atoms with Gasteiger partial charge in [-0.05, 0) is 41.9 Å². The van der Waals surface area contributed by atoms with Crippen LogP contribution < -0.4 is 0 Å². The van der Waals surface area contributed by atoms with Gasteiger partial charge in [0.05, 0.1) is 5.25 Å². The van der Waals surface area contributed by atoms with Gasteiger partial charge in [0.1, 0.15) is 10.8 Å². The van der Waals surface area contributed by atoms with E-state index < -0.39 is 0 Å². The van der Waals surface area contributed by atoms with Crippen LogP contribution in [-0.2, 0) is 4.79 Å². The molecule has 2 nitrogen and oxygen atoms in total. The van der Waals surface area contributed by atoms with Gasteiger partial charge in [-0.2, -0.15) is 0 Å². The summed E-state index contributed by atoms with van der Waals surface area (Å²) in [6, 6.07) is 3.77. The van der Waals surface area contributed by atoms with E-state index in [0.717, 1.165) is 9.50 Å². The molecule has 1 aromatic rings. The fourth-order valence-corrected chi connectivity index (χ4v) is 2.05. The van der Waals surface area contributed by atoms with Crippen molar-refractivity contribution in [3.8, 4) is 0 Å². The van der Waals surface area contributed by atoms with Gasteiger partial charge in [0.2, 0.25) is 0 Å². The van der Waals surface area contributed by atoms with Crippen LogP contribution >= 0.6 is 27.7 Å². The van der Waals surface area contributed by atoms with Crippen LogP contribution in [-0.4, -0.2) is 16.0 Å². The third-order valence-electron chi connectivity index (χ3n) is 1.59. The third-order valence-corrected chi connectivity index (χ3v) is 3.72. The number of carbonyl (C=O) groups is 1. The Kier molecular flexibility index (Phi) is 3.93. The van der Waals surface area contributed by atoms with Gasteiger partial charge < -0.3 is 0 Å². The first kappa shape index (κ1) is 10.7. The molecule has 0 bridgehead atoms. The molecule has 0 radical (unpaired) electrons. The average molecular weight is 260 g/mol. The van der Waals surface area contributed by atoms with E-state index in [9.17, 15) is 4.79 Å². The van der Waals surface area contributed by atoms with Crippen molar-refractivity contribution in [2.45, 2.75) is 24.1 Å². The van der Waals surface area contributed by atoms with E-state index in [0.29, 0.717) is 0 Å². The maximum atomic E-state index is 11.0. The molecule has 1 rings (SSSR count). The first-order valence-corrected chi connectivity index (χ1v) is 5.56. The molecule has 4 heteroatoms. The molecule has 1 atom stereocenters. The van der Waals surface area contributed by atoms with E-state index in [1.165, 1.54) is 11.8 Å². The Balaban J connectivity index is 2.74. The number of carbonyl (C=O) groups excluding carboxylic acids is 1. The first-order valence-electron chi connectivity index (χ1n) is 3.89. The Morgan fingerprint density at radius 3 is 2.92 bits per heavy atom. The number of Topliss-reactive ketones (excluding diaryl/α,β-unsaturated/α-hetero) is 1. The molecule has 0 fully saturated rings. The highest BCUT2D eigenvalue weighted by Gasteiger charge is 2.11. The van der Waals surface area contributed by atoms with Gasteiger partial charge in [-0.15, -0.1) is 0 Å². The molecule has 70 valence electrons. The summed E-state index contributed by atoms with van der Waals surface area (Å²) in [5.74, 6) is 0.169. The normalized spacial score (nSPS) is 12.5. The fraction of sp³-hybridized carbons (Fsp3) is 0.333. The molecule has 0 aliphatic carbocycles. The predicted octanol–water partition coefficient (Wildman–Crippen LogP) is 2.91. The number of hydrogen-bond donors (Lipinski definition) is 0. The Labute approximate surface area is 90.3 Å². The summed E-state index contributed by atoms with van der Waals surface area (Å²) in [7, 11) is 0. The molecule has 13 heavy (non-hydrogen) atoms. The van der Waals surface area contributed by atoms with E-state index in [-0.39, 0.29) is 11.0 Å². The number of hydrogen-bond acceptors (Lipinski definition) is 3. The number of ketones is 1. The number of halogens is 1. The maximum Gasteiger partial charge on any atom is 0.142 e. The zero-order valence-corrected chi connectivity index (χ0v) is 9.85. The smallest absolute Gasteiger partial charge is 0.142 e. The highest BCUT2D eigenvalue weighted by atomic mass is 79.9. The molecular weight excluding hydrogens is 250 g/mol. The highest BCUT2D eigenvalue weighted by Crippen LogP contribution is 2.28. The predicted molar refractivity (Wildman–Crippen MR) is 57.9 cm³/mol. The van der Waals surface area contributed by atoms with Crippen molar-refractivity contribution in [3.05, 3.63) is 22.8 Å². The summed E-state index contributed by atoms with van der Waals surface area (Å²) >= 11 is 4.85. The standard InChI is InChI=1S/C9H10BrNOS/c1-6(12)7(2)13-9-8(10)4-3-5-11-9/h3-5,7H,1-2H3. The summed E-state index contributed by atoms with van der Waals surface area (Å²) in [5.41, 5.74) is 0. The van der Waals surface area contributed by atoms with Crippen LogP contribution in [0.15, 0.2) is 27.8 Å². The molecule has 0 saturated heterocycles. The Morgan fingerprint density at radius 1 is 1.69 bits per heavy atom. The number of pyridine rings is 1. The molecule has 0 aromatic carbocycles. The Morgan fingerprint density at radius 2 is 2.38 bits per heavy atom. The third kappa shape index (κ3) is 3.12. The van der Waals surface area contributed by atoms with Gasteiger partial charge in [0.25, 0.3) is 0 Å². The number of thioether (sulfide) groups is 1. The monoisotopic (exact) mass is 259 g/mol. The van der Waals surface area contributed by atoms with E-state index >= 15 is 0 Å². The Hall–Kier alpha value is -0.350. The van der Waals surface area contributed by atoms with Gasteiger partial charge >= 0.3 is 0 Å². The number of nitrogens with zero attached hydrogens (tertiary/aromatic N) is 1. The van der Waals surface area contributed by atoms with E-state index in [1.54, 1.807) is 13.1 Å². The van der Waals surface area contributed by atoms with Crippen molar-refractivity contribution in [2.75, 3.05) is 0 Å². The number of aromatic nitrogens is 1. The first-order chi connectivity index (χ1) is 6.11. The van der Waals surface area contributed by atoms with Crippen molar-refractivity contribution in [2.24, 2.45) is 0 Å². The van der Waals surface area contributed by atoms with Crippen molar-refractivity contribution in [3.63, 3.8) is 0 Å². The van der Waals surface area contributed by atoms with Gasteiger partial charge in [-0.1, -0.05) is 11.8 Å². The zero-order valence-electron chi connectivity index (χ0n) is 7.45. The minimum Gasteiger partial charge on any atom is -0.299 e. The topological polar surface area (TPSA) is 30.0 Å². The van der Waals surface area contributed by atoms with Crippen LogP contribution in [0.2, 0.25) is 0 Å². The van der Waals surface area contributed by atoms with Gasteiger partial charge in [0.15, 0.2) is 0 Å². The van der Waals surface area contributed by atoms with E-state index in [1.807, 2.05) is 19.1 Å². The molecule has 0 aliphatic heterocycles. The van der Waals surface area contributed by atoms with Gasteiger partial charge in [-0.3, -0.25) is 4.79 Å². The van der Waals surface area contributed by atoms with Crippen LogP contribution in [0, 0.1) is 0 Å². The molecule has 0 N–H and O–H groups in total.